The normalized spacial score (nSPS) is 13.4. The molecule has 0 spiro atoms. The van der Waals surface area contributed by atoms with E-state index in [0.29, 0.717) is 33.2 Å². The predicted octanol–water partition coefficient (Wildman–Crippen LogP) is 5.53. The standard InChI is InChI=1S/C31H31Cl2N3O4/c1-20(2)34-29(38)27(17-21-9-4-3-5-10-21)36(19-22-14-15-23(32)18-26(22)33)28(37)13-8-16-35-30(39)24-11-6-7-12-25(24)31(35)40/h3-7,9-12,14-15,18,20,27H,8,13,16-17,19H2,1-2H3,(H,34,38)/t27-/m1/s1. The largest absolute Gasteiger partial charge is 0.352 e. The molecule has 0 aliphatic carbocycles. The summed E-state index contributed by atoms with van der Waals surface area (Å²) in [6, 6.07) is 20.3. The first kappa shape index (κ1) is 29.3. The van der Waals surface area contributed by atoms with E-state index < -0.39 is 6.04 Å². The maximum atomic E-state index is 13.8. The summed E-state index contributed by atoms with van der Waals surface area (Å²) in [4.78, 5) is 55.5. The van der Waals surface area contributed by atoms with E-state index >= 15 is 0 Å². The first-order valence-electron chi connectivity index (χ1n) is 13.2. The molecule has 1 atom stereocenters. The fourth-order valence-electron chi connectivity index (χ4n) is 4.74. The first-order valence-corrected chi connectivity index (χ1v) is 13.9. The van der Waals surface area contributed by atoms with Crippen LogP contribution < -0.4 is 5.32 Å². The van der Waals surface area contributed by atoms with Gasteiger partial charge in [-0.25, -0.2) is 0 Å². The molecule has 1 N–H and O–H groups in total. The van der Waals surface area contributed by atoms with E-state index in [2.05, 4.69) is 5.32 Å². The lowest BCUT2D eigenvalue weighted by Gasteiger charge is -2.32. The van der Waals surface area contributed by atoms with Crippen molar-refractivity contribution in [2.75, 3.05) is 6.54 Å². The molecule has 0 saturated heterocycles. The summed E-state index contributed by atoms with van der Waals surface area (Å²) in [6.07, 6.45) is 0.576. The fourth-order valence-corrected chi connectivity index (χ4v) is 5.21. The van der Waals surface area contributed by atoms with E-state index in [1.165, 1.54) is 9.80 Å². The minimum atomic E-state index is -0.816. The maximum Gasteiger partial charge on any atom is 0.261 e. The molecular formula is C31H31Cl2N3O4. The lowest BCUT2D eigenvalue weighted by Crippen LogP contribution is -2.51. The summed E-state index contributed by atoms with van der Waals surface area (Å²) in [5, 5.41) is 3.80. The van der Waals surface area contributed by atoms with Crippen molar-refractivity contribution in [3.05, 3.63) is 105 Å². The van der Waals surface area contributed by atoms with E-state index in [0.717, 1.165) is 5.56 Å². The highest BCUT2D eigenvalue weighted by atomic mass is 35.5. The van der Waals surface area contributed by atoms with Crippen LogP contribution in [0.25, 0.3) is 0 Å². The van der Waals surface area contributed by atoms with Crippen molar-refractivity contribution in [2.24, 2.45) is 0 Å². The Hall–Kier alpha value is -3.68. The lowest BCUT2D eigenvalue weighted by molar-refractivity contribution is -0.141. The minimum absolute atomic E-state index is 0.0266. The summed E-state index contributed by atoms with van der Waals surface area (Å²) in [7, 11) is 0. The molecule has 0 fully saturated rings. The third-order valence-corrected chi connectivity index (χ3v) is 7.30. The van der Waals surface area contributed by atoms with E-state index in [4.69, 9.17) is 23.2 Å². The van der Waals surface area contributed by atoms with Gasteiger partial charge in [-0.3, -0.25) is 24.1 Å². The van der Waals surface area contributed by atoms with Crippen molar-refractivity contribution in [3.63, 3.8) is 0 Å². The van der Waals surface area contributed by atoms with Crippen LogP contribution in [-0.4, -0.2) is 52.1 Å². The Morgan fingerprint density at radius 2 is 1.52 bits per heavy atom. The highest BCUT2D eigenvalue weighted by Crippen LogP contribution is 2.26. The summed E-state index contributed by atoms with van der Waals surface area (Å²) in [5.74, 6) is -1.30. The molecule has 3 aromatic carbocycles. The lowest BCUT2D eigenvalue weighted by atomic mass is 10.0. The van der Waals surface area contributed by atoms with E-state index in [1.54, 1.807) is 42.5 Å². The van der Waals surface area contributed by atoms with Crippen molar-refractivity contribution in [1.29, 1.82) is 0 Å². The Kier molecular flexibility index (Phi) is 9.61. The number of nitrogens with one attached hydrogen (secondary N) is 1. The summed E-state index contributed by atoms with van der Waals surface area (Å²) in [6.45, 7) is 3.91. The van der Waals surface area contributed by atoms with Gasteiger partial charge in [-0.2, -0.15) is 0 Å². The average molecular weight is 581 g/mol. The smallest absolute Gasteiger partial charge is 0.261 e. The molecule has 1 heterocycles. The molecule has 40 heavy (non-hydrogen) atoms. The van der Waals surface area contributed by atoms with Gasteiger partial charge in [-0.15, -0.1) is 0 Å². The molecular weight excluding hydrogens is 549 g/mol. The molecule has 1 aliphatic heterocycles. The van der Waals surface area contributed by atoms with Crippen molar-refractivity contribution < 1.29 is 19.2 Å². The van der Waals surface area contributed by atoms with Crippen LogP contribution in [0.5, 0.6) is 0 Å². The topological polar surface area (TPSA) is 86.8 Å². The monoisotopic (exact) mass is 579 g/mol. The number of fused-ring (bicyclic) bond motifs is 1. The number of rotatable bonds is 11. The molecule has 4 amide bonds. The highest BCUT2D eigenvalue weighted by molar-refractivity contribution is 6.35. The molecule has 0 aromatic heterocycles. The molecule has 1 aliphatic rings. The zero-order chi connectivity index (χ0) is 28.8. The van der Waals surface area contributed by atoms with Crippen LogP contribution in [-0.2, 0) is 22.6 Å². The van der Waals surface area contributed by atoms with Crippen molar-refractivity contribution in [1.82, 2.24) is 15.1 Å². The summed E-state index contributed by atoms with van der Waals surface area (Å²) in [5.41, 5.74) is 2.28. The van der Waals surface area contributed by atoms with Crippen molar-refractivity contribution in [3.8, 4) is 0 Å². The summed E-state index contributed by atoms with van der Waals surface area (Å²) < 4.78 is 0. The van der Waals surface area contributed by atoms with Crippen molar-refractivity contribution >= 4 is 46.8 Å². The third-order valence-electron chi connectivity index (χ3n) is 6.71. The quantitative estimate of drug-likeness (QED) is 0.302. The number of benzene rings is 3. The predicted molar refractivity (Wildman–Crippen MR) is 155 cm³/mol. The van der Waals surface area contributed by atoms with Gasteiger partial charge >= 0.3 is 0 Å². The van der Waals surface area contributed by atoms with Gasteiger partial charge < -0.3 is 10.2 Å². The van der Waals surface area contributed by atoms with Crippen LogP contribution in [0.3, 0.4) is 0 Å². The molecule has 0 radical (unpaired) electrons. The number of halogens is 2. The van der Waals surface area contributed by atoms with Crippen LogP contribution >= 0.6 is 23.2 Å². The number of carbonyl (C=O) groups excluding carboxylic acids is 4. The first-order chi connectivity index (χ1) is 19.2. The average Bonchev–Trinajstić information content (AvgIpc) is 3.16. The zero-order valence-electron chi connectivity index (χ0n) is 22.4. The number of nitrogens with zero attached hydrogens (tertiary/aromatic N) is 2. The highest BCUT2D eigenvalue weighted by Gasteiger charge is 2.35. The van der Waals surface area contributed by atoms with Crippen LogP contribution in [0.15, 0.2) is 72.8 Å². The fraction of sp³-hybridized carbons (Fsp3) is 0.290. The van der Waals surface area contributed by atoms with E-state index in [-0.39, 0.29) is 55.6 Å². The van der Waals surface area contributed by atoms with Crippen LogP contribution in [0.4, 0.5) is 0 Å². The Balaban J connectivity index is 1.57. The van der Waals surface area contributed by atoms with Crippen LogP contribution in [0, 0.1) is 0 Å². The van der Waals surface area contributed by atoms with E-state index in [9.17, 15) is 19.2 Å². The molecule has 0 unspecified atom stereocenters. The Morgan fingerprint density at radius 3 is 2.12 bits per heavy atom. The van der Waals surface area contributed by atoms with Gasteiger partial charge in [0.25, 0.3) is 11.8 Å². The number of hydrogen-bond acceptors (Lipinski definition) is 4. The summed E-state index contributed by atoms with van der Waals surface area (Å²) >= 11 is 12.6. The second-order valence-electron chi connectivity index (χ2n) is 10.0. The second kappa shape index (κ2) is 13.1. The Labute approximate surface area is 244 Å². The number of hydrogen-bond donors (Lipinski definition) is 1. The zero-order valence-corrected chi connectivity index (χ0v) is 23.9. The van der Waals surface area contributed by atoms with Gasteiger partial charge in [0.1, 0.15) is 6.04 Å². The van der Waals surface area contributed by atoms with E-state index in [1.807, 2.05) is 44.2 Å². The number of carbonyl (C=O) groups is 4. The molecule has 0 bridgehead atoms. The van der Waals surface area contributed by atoms with Gasteiger partial charge in [-0.1, -0.05) is 71.7 Å². The van der Waals surface area contributed by atoms with Gasteiger partial charge in [0, 0.05) is 42.0 Å². The Morgan fingerprint density at radius 1 is 0.900 bits per heavy atom. The molecule has 7 nitrogen and oxygen atoms in total. The third kappa shape index (κ3) is 6.90. The molecule has 3 aromatic rings. The second-order valence-corrected chi connectivity index (χ2v) is 10.9. The molecule has 0 saturated carbocycles. The van der Waals surface area contributed by atoms with Gasteiger partial charge in [0.2, 0.25) is 11.8 Å². The SMILES string of the molecule is CC(C)NC(=O)[C@@H](Cc1ccccc1)N(Cc1ccc(Cl)cc1Cl)C(=O)CCCN1C(=O)c2ccccc2C1=O. The van der Waals surface area contributed by atoms with Crippen LogP contribution in [0.2, 0.25) is 10.0 Å². The Bertz CT molecular complexity index is 1380. The maximum absolute atomic E-state index is 13.8. The van der Waals surface area contributed by atoms with Gasteiger partial charge in [0.15, 0.2) is 0 Å². The minimum Gasteiger partial charge on any atom is -0.352 e. The van der Waals surface area contributed by atoms with Gasteiger partial charge in [-0.05, 0) is 55.7 Å². The van der Waals surface area contributed by atoms with Gasteiger partial charge in [0.05, 0.1) is 11.1 Å². The number of imide groups is 1. The number of amides is 4. The van der Waals surface area contributed by atoms with Crippen molar-refractivity contribution in [2.45, 2.75) is 51.7 Å². The molecule has 9 heteroatoms. The molecule has 208 valence electrons. The van der Waals surface area contributed by atoms with Crippen LogP contribution in [0.1, 0.15) is 58.5 Å². The molecule has 4 rings (SSSR count).